The van der Waals surface area contributed by atoms with E-state index < -0.39 is 30.2 Å². The molecular weight excluding hydrogens is 646 g/mol. The van der Waals surface area contributed by atoms with E-state index in [4.69, 9.17) is 9.47 Å². The second-order valence-electron chi connectivity index (χ2n) is 14.9. The van der Waals surface area contributed by atoms with Crippen molar-refractivity contribution in [1.82, 2.24) is 20.0 Å². The molecular formula is C40H51N5O6. The first-order valence-corrected chi connectivity index (χ1v) is 18.3. The van der Waals surface area contributed by atoms with Crippen LogP contribution in [0.3, 0.4) is 0 Å². The largest absolute Gasteiger partial charge is 0.462 e. The lowest BCUT2D eigenvalue weighted by Gasteiger charge is -2.29. The SMILES string of the molecule is C[C@@H]1C[C@H](C)C[C@H](C)[C@@H](O)CC(=O)O[C@H]([C@@H]2CCC[C@H]2C(=O)OCc2cn(-c3cnc4ccccc4c3)nn2)C/C=C/C=C(/C#N)[C@H](O)[C@@H](C)C1. The lowest BCUT2D eigenvalue weighted by molar-refractivity contribution is -0.161. The number of pyridine rings is 1. The van der Waals surface area contributed by atoms with Crippen molar-refractivity contribution >= 4 is 22.8 Å². The highest BCUT2D eigenvalue weighted by Crippen LogP contribution is 2.38. The van der Waals surface area contributed by atoms with Gasteiger partial charge in [-0.15, -0.1) is 5.10 Å². The first kappa shape index (κ1) is 37.8. The van der Waals surface area contributed by atoms with Crippen molar-refractivity contribution < 1.29 is 29.3 Å². The fourth-order valence-electron chi connectivity index (χ4n) is 7.88. The Balaban J connectivity index is 1.28. The molecule has 0 radical (unpaired) electrons. The smallest absolute Gasteiger partial charge is 0.309 e. The van der Waals surface area contributed by atoms with Gasteiger partial charge in [0, 0.05) is 17.7 Å². The highest BCUT2D eigenvalue weighted by Gasteiger charge is 2.41. The molecule has 0 unspecified atom stereocenters. The maximum atomic E-state index is 13.5. The Labute approximate surface area is 300 Å². The third-order valence-electron chi connectivity index (χ3n) is 10.5. The number of aliphatic hydroxyl groups excluding tert-OH is 2. The van der Waals surface area contributed by atoms with E-state index in [2.05, 4.69) is 35.2 Å². The van der Waals surface area contributed by atoms with Crippen molar-refractivity contribution in [2.45, 2.75) is 104 Å². The summed E-state index contributed by atoms with van der Waals surface area (Å²) in [5.74, 6) is -1.28. The van der Waals surface area contributed by atoms with Crippen LogP contribution in [-0.2, 0) is 25.7 Å². The zero-order valence-corrected chi connectivity index (χ0v) is 30.1. The number of ether oxygens (including phenoxy) is 2. The van der Waals surface area contributed by atoms with Crippen LogP contribution in [0.25, 0.3) is 16.6 Å². The van der Waals surface area contributed by atoms with E-state index in [0.29, 0.717) is 36.8 Å². The summed E-state index contributed by atoms with van der Waals surface area (Å²) in [5, 5.41) is 41.1. The maximum absolute atomic E-state index is 13.5. The Bertz CT molecular complexity index is 1750. The third-order valence-corrected chi connectivity index (χ3v) is 10.5. The number of allylic oxidation sites excluding steroid dienone is 2. The molecule has 0 spiro atoms. The number of carbonyl (C=O) groups is 2. The predicted octanol–water partition coefficient (Wildman–Crippen LogP) is 6.42. The summed E-state index contributed by atoms with van der Waals surface area (Å²) in [6, 6.07) is 11.9. The summed E-state index contributed by atoms with van der Waals surface area (Å²) in [7, 11) is 0. The number of nitriles is 1. The molecule has 51 heavy (non-hydrogen) atoms. The van der Waals surface area contributed by atoms with Crippen LogP contribution in [0.15, 0.2) is 66.5 Å². The van der Waals surface area contributed by atoms with Gasteiger partial charge in [-0.25, -0.2) is 4.68 Å². The van der Waals surface area contributed by atoms with Gasteiger partial charge in [0.15, 0.2) is 0 Å². The highest BCUT2D eigenvalue weighted by atomic mass is 16.5. The monoisotopic (exact) mass is 697 g/mol. The van der Waals surface area contributed by atoms with Crippen LogP contribution in [0, 0.1) is 46.8 Å². The van der Waals surface area contributed by atoms with Crippen molar-refractivity contribution in [2.75, 3.05) is 0 Å². The molecule has 3 heterocycles. The van der Waals surface area contributed by atoms with E-state index in [1.165, 1.54) is 0 Å². The molecule has 1 fully saturated rings. The van der Waals surface area contributed by atoms with Gasteiger partial charge in [-0.3, -0.25) is 14.6 Å². The lowest BCUT2D eigenvalue weighted by Crippen LogP contribution is -2.34. The van der Waals surface area contributed by atoms with Crippen LogP contribution in [0.4, 0.5) is 0 Å². The van der Waals surface area contributed by atoms with Crippen molar-refractivity contribution in [3.8, 4) is 11.8 Å². The molecule has 0 bridgehead atoms. The first-order valence-electron chi connectivity index (χ1n) is 18.3. The quantitative estimate of drug-likeness (QED) is 0.285. The van der Waals surface area contributed by atoms with E-state index in [1.807, 2.05) is 44.2 Å². The van der Waals surface area contributed by atoms with Crippen molar-refractivity contribution in [2.24, 2.45) is 35.5 Å². The molecule has 3 aromatic rings. The summed E-state index contributed by atoms with van der Waals surface area (Å²) in [6.07, 6.45) is 10.8. The Morgan fingerprint density at radius 1 is 1.08 bits per heavy atom. The van der Waals surface area contributed by atoms with Crippen LogP contribution in [0.5, 0.6) is 0 Å². The molecule has 1 aliphatic carbocycles. The van der Waals surface area contributed by atoms with E-state index in [9.17, 15) is 25.1 Å². The van der Waals surface area contributed by atoms with Crippen molar-refractivity contribution in [1.29, 1.82) is 5.26 Å². The molecule has 0 saturated heterocycles. The Morgan fingerprint density at radius 3 is 2.63 bits per heavy atom. The number of para-hydroxylation sites is 1. The number of esters is 2. The van der Waals surface area contributed by atoms with Crippen LogP contribution in [0.2, 0.25) is 0 Å². The number of cyclic esters (lactones) is 1. The van der Waals surface area contributed by atoms with Gasteiger partial charge >= 0.3 is 11.9 Å². The van der Waals surface area contributed by atoms with Gasteiger partial charge in [-0.2, -0.15) is 5.26 Å². The minimum atomic E-state index is -0.898. The normalized spacial score (nSPS) is 31.7. The predicted molar refractivity (Wildman–Crippen MR) is 192 cm³/mol. The minimum Gasteiger partial charge on any atom is -0.462 e. The van der Waals surface area contributed by atoms with E-state index in [1.54, 1.807) is 35.3 Å². The number of benzene rings is 1. The average molecular weight is 698 g/mol. The van der Waals surface area contributed by atoms with Crippen LogP contribution >= 0.6 is 0 Å². The minimum absolute atomic E-state index is 0.0584. The molecule has 1 aromatic carbocycles. The maximum Gasteiger partial charge on any atom is 0.309 e. The molecule has 11 heteroatoms. The molecule has 0 amide bonds. The number of carbonyl (C=O) groups excluding carboxylic acids is 2. The van der Waals surface area contributed by atoms with E-state index in [-0.39, 0.29) is 42.3 Å². The van der Waals surface area contributed by atoms with Gasteiger partial charge in [0.2, 0.25) is 0 Å². The van der Waals surface area contributed by atoms with Gasteiger partial charge in [0.05, 0.1) is 59.8 Å². The second kappa shape index (κ2) is 17.7. The molecule has 11 nitrogen and oxygen atoms in total. The summed E-state index contributed by atoms with van der Waals surface area (Å²) < 4.78 is 13.4. The first-order chi connectivity index (χ1) is 24.5. The van der Waals surface area contributed by atoms with Gasteiger partial charge in [-0.1, -0.05) is 69.7 Å². The number of aliphatic hydroxyl groups is 2. The summed E-state index contributed by atoms with van der Waals surface area (Å²) >= 11 is 0. The summed E-state index contributed by atoms with van der Waals surface area (Å²) in [4.78, 5) is 31.2. The molecule has 5 rings (SSSR count). The molecule has 272 valence electrons. The number of nitrogens with zero attached hydrogens (tertiary/aromatic N) is 5. The molecule has 1 aliphatic heterocycles. The number of aromatic nitrogens is 4. The van der Waals surface area contributed by atoms with Gasteiger partial charge in [0.25, 0.3) is 0 Å². The molecule has 9 atom stereocenters. The molecule has 2 aliphatic rings. The number of rotatable bonds is 5. The number of hydrogen-bond acceptors (Lipinski definition) is 10. The summed E-state index contributed by atoms with van der Waals surface area (Å²) in [6.45, 7) is 8.15. The van der Waals surface area contributed by atoms with E-state index in [0.717, 1.165) is 42.3 Å². The molecule has 2 N–H and O–H groups in total. The second-order valence-corrected chi connectivity index (χ2v) is 14.9. The number of hydrogen-bond donors (Lipinski definition) is 2. The molecule has 1 saturated carbocycles. The zero-order chi connectivity index (χ0) is 36.5. The van der Waals surface area contributed by atoms with Gasteiger partial charge in [-0.05, 0) is 74.0 Å². The summed E-state index contributed by atoms with van der Waals surface area (Å²) in [5.41, 5.74) is 2.38. The Morgan fingerprint density at radius 2 is 1.84 bits per heavy atom. The Kier molecular flexibility index (Phi) is 13.1. The van der Waals surface area contributed by atoms with Crippen LogP contribution < -0.4 is 0 Å². The zero-order valence-electron chi connectivity index (χ0n) is 30.1. The molecule has 2 aromatic heterocycles. The topological polar surface area (TPSA) is 160 Å². The van der Waals surface area contributed by atoms with Crippen LogP contribution in [0.1, 0.15) is 84.8 Å². The fourth-order valence-corrected chi connectivity index (χ4v) is 7.88. The van der Waals surface area contributed by atoms with Crippen molar-refractivity contribution in [3.63, 3.8) is 0 Å². The van der Waals surface area contributed by atoms with Gasteiger partial charge in [0.1, 0.15) is 18.4 Å². The van der Waals surface area contributed by atoms with Crippen LogP contribution in [-0.4, -0.2) is 60.4 Å². The standard InChI is InChI=1S/C40H51N5O6/c1-25-16-26(2)18-28(4)39(48)30(21-41)11-6-8-15-37(51-38(47)20-36(46)27(3)17-25)33-12-9-13-34(33)40(49)50-24-31-23-45(44-43-31)32-19-29-10-5-7-14-35(29)42-22-32/h5-8,10-11,14,19,22-23,25-28,33-34,36-37,39,46,48H,9,12-13,15-18,20,24H2,1-4H3/b8-6+,30-11-/t25-,26+,27-,28-,33+,34+,36-,37-,39+/m0/s1. The fraction of sp³-hybridized carbons (Fsp3) is 0.550. The number of fused-ring (bicyclic) bond motifs is 1. The average Bonchev–Trinajstić information content (AvgIpc) is 3.80. The third kappa shape index (κ3) is 10.1. The van der Waals surface area contributed by atoms with E-state index >= 15 is 0 Å². The lowest BCUT2D eigenvalue weighted by atomic mass is 9.82. The highest BCUT2D eigenvalue weighted by molar-refractivity contribution is 5.80. The Hall–Kier alpha value is -4.40. The van der Waals surface area contributed by atoms with Crippen molar-refractivity contribution in [3.05, 3.63) is 72.2 Å². The van der Waals surface area contributed by atoms with Gasteiger partial charge < -0.3 is 19.7 Å².